The predicted octanol–water partition coefficient (Wildman–Crippen LogP) is 2.71. The molecule has 0 bridgehead atoms. The van der Waals surface area contributed by atoms with Gasteiger partial charge in [0.25, 0.3) is 5.91 Å². The van der Waals surface area contributed by atoms with E-state index in [0.29, 0.717) is 31.7 Å². The number of benzene rings is 1. The van der Waals surface area contributed by atoms with E-state index in [1.54, 1.807) is 16.4 Å². The van der Waals surface area contributed by atoms with E-state index >= 15 is 0 Å². The van der Waals surface area contributed by atoms with Crippen molar-refractivity contribution in [3.63, 3.8) is 0 Å². The summed E-state index contributed by atoms with van der Waals surface area (Å²) < 4.78 is 33.8. The molecule has 2 unspecified atom stereocenters. The molecule has 3 saturated heterocycles. The number of rotatable bonds is 4. The molecule has 3 heterocycles. The molecule has 1 amide bonds. The molecule has 3 fully saturated rings. The molecule has 0 spiro atoms. The molecule has 0 N–H and O–H groups in total. The van der Waals surface area contributed by atoms with Crippen molar-refractivity contribution < 1.29 is 17.9 Å². The Balaban J connectivity index is 1.70. The normalized spacial score (nSPS) is 26.2. The van der Waals surface area contributed by atoms with Gasteiger partial charge < -0.3 is 14.5 Å². The van der Waals surface area contributed by atoms with Crippen molar-refractivity contribution >= 4 is 21.6 Å². The van der Waals surface area contributed by atoms with Crippen LogP contribution in [0.1, 0.15) is 56.3 Å². The Bertz CT molecular complexity index is 866. The van der Waals surface area contributed by atoms with Crippen LogP contribution in [-0.4, -0.2) is 75.0 Å². The van der Waals surface area contributed by atoms with Gasteiger partial charge in [-0.05, 0) is 57.7 Å². The van der Waals surface area contributed by atoms with Crippen LogP contribution in [0.4, 0.5) is 5.69 Å². The van der Waals surface area contributed by atoms with Gasteiger partial charge in [-0.15, -0.1) is 0 Å². The first-order chi connectivity index (χ1) is 14.4. The van der Waals surface area contributed by atoms with Gasteiger partial charge in [-0.3, -0.25) is 4.79 Å². The second-order valence-corrected chi connectivity index (χ2v) is 10.7. The largest absolute Gasteiger partial charge is 0.372 e. The highest BCUT2D eigenvalue weighted by atomic mass is 32.2. The smallest absolute Gasteiger partial charge is 0.256 e. The van der Waals surface area contributed by atoms with Gasteiger partial charge in [0.15, 0.2) is 0 Å². The first kappa shape index (κ1) is 21.6. The summed E-state index contributed by atoms with van der Waals surface area (Å²) in [5.41, 5.74) is 1.35. The second kappa shape index (κ2) is 8.85. The van der Waals surface area contributed by atoms with E-state index in [1.807, 2.05) is 24.8 Å². The van der Waals surface area contributed by atoms with Crippen LogP contribution in [0, 0.1) is 0 Å². The van der Waals surface area contributed by atoms with Gasteiger partial charge in [-0.1, -0.05) is 6.42 Å². The number of ether oxygens (including phenoxy) is 1. The van der Waals surface area contributed by atoms with E-state index in [9.17, 15) is 13.2 Å². The zero-order valence-corrected chi connectivity index (χ0v) is 18.9. The number of hydrogen-bond acceptors (Lipinski definition) is 5. The summed E-state index contributed by atoms with van der Waals surface area (Å²) >= 11 is 0. The Hall–Kier alpha value is -1.64. The highest BCUT2D eigenvalue weighted by molar-refractivity contribution is 7.89. The van der Waals surface area contributed by atoms with Gasteiger partial charge in [0, 0.05) is 45.0 Å². The fraction of sp³-hybridized carbons (Fsp3) is 0.682. The number of sulfonamides is 1. The summed E-state index contributed by atoms with van der Waals surface area (Å²) in [6.45, 7) is 7.87. The molecule has 8 heteroatoms. The Kier molecular flexibility index (Phi) is 6.36. The average molecular weight is 436 g/mol. The third-order valence-electron chi connectivity index (χ3n) is 6.30. The summed E-state index contributed by atoms with van der Waals surface area (Å²) in [7, 11) is -3.59. The number of nitrogens with zero attached hydrogens (tertiary/aromatic N) is 3. The van der Waals surface area contributed by atoms with E-state index in [2.05, 4.69) is 4.90 Å². The molecule has 0 saturated carbocycles. The quantitative estimate of drug-likeness (QED) is 0.727. The first-order valence-electron chi connectivity index (χ1n) is 11.2. The SMILES string of the molecule is CC1CN(C(=O)c2cc(S(=O)(=O)N3CCCCC3)ccc2N2CCCC2)CC(C)O1. The lowest BCUT2D eigenvalue weighted by Gasteiger charge is -2.36. The van der Waals surface area contributed by atoms with E-state index in [1.165, 1.54) is 0 Å². The third kappa shape index (κ3) is 4.36. The average Bonchev–Trinajstić information content (AvgIpc) is 3.27. The van der Waals surface area contributed by atoms with Crippen molar-refractivity contribution in [2.75, 3.05) is 44.2 Å². The molecule has 1 aromatic carbocycles. The van der Waals surface area contributed by atoms with Gasteiger partial charge in [-0.25, -0.2) is 8.42 Å². The van der Waals surface area contributed by atoms with Crippen molar-refractivity contribution in [3.05, 3.63) is 23.8 Å². The fourth-order valence-electron chi connectivity index (χ4n) is 4.85. The Morgan fingerprint density at radius 2 is 1.53 bits per heavy atom. The monoisotopic (exact) mass is 435 g/mol. The highest BCUT2D eigenvalue weighted by Gasteiger charge is 2.32. The van der Waals surface area contributed by atoms with Crippen LogP contribution < -0.4 is 4.90 Å². The van der Waals surface area contributed by atoms with E-state index < -0.39 is 10.0 Å². The predicted molar refractivity (Wildman–Crippen MR) is 116 cm³/mol. The van der Waals surface area contributed by atoms with Crippen molar-refractivity contribution in [3.8, 4) is 0 Å². The van der Waals surface area contributed by atoms with Gasteiger partial charge in [0.2, 0.25) is 10.0 Å². The maximum absolute atomic E-state index is 13.6. The number of amides is 1. The van der Waals surface area contributed by atoms with Gasteiger partial charge in [0.05, 0.1) is 22.7 Å². The lowest BCUT2D eigenvalue weighted by atomic mass is 10.1. The Labute approximate surface area is 180 Å². The molecule has 7 nitrogen and oxygen atoms in total. The molecule has 4 rings (SSSR count). The summed E-state index contributed by atoms with van der Waals surface area (Å²) in [4.78, 5) is 17.8. The summed E-state index contributed by atoms with van der Waals surface area (Å²) in [6.07, 6.45) is 4.96. The van der Waals surface area contributed by atoms with Crippen LogP contribution in [0.5, 0.6) is 0 Å². The maximum Gasteiger partial charge on any atom is 0.256 e. The fourth-order valence-corrected chi connectivity index (χ4v) is 6.39. The van der Waals surface area contributed by atoms with Gasteiger partial charge in [0.1, 0.15) is 0 Å². The molecule has 30 heavy (non-hydrogen) atoms. The van der Waals surface area contributed by atoms with Crippen molar-refractivity contribution in [2.45, 2.75) is 63.1 Å². The molecular formula is C22H33N3O4S. The lowest BCUT2D eigenvalue weighted by molar-refractivity contribution is -0.0586. The number of carbonyl (C=O) groups excluding carboxylic acids is 1. The molecular weight excluding hydrogens is 402 g/mol. The minimum Gasteiger partial charge on any atom is -0.372 e. The van der Waals surface area contributed by atoms with Crippen LogP contribution in [0.25, 0.3) is 0 Å². The van der Waals surface area contributed by atoms with Gasteiger partial charge >= 0.3 is 0 Å². The number of piperidine rings is 1. The molecule has 3 aliphatic heterocycles. The van der Waals surface area contributed by atoms with Crippen molar-refractivity contribution in [2.24, 2.45) is 0 Å². The second-order valence-electron chi connectivity index (χ2n) is 8.81. The van der Waals surface area contributed by atoms with Crippen molar-refractivity contribution in [1.82, 2.24) is 9.21 Å². The van der Waals surface area contributed by atoms with E-state index in [0.717, 1.165) is 50.9 Å². The summed E-state index contributed by atoms with van der Waals surface area (Å²) in [5.74, 6) is -0.102. The number of carbonyl (C=O) groups is 1. The van der Waals surface area contributed by atoms with Crippen LogP contribution >= 0.6 is 0 Å². The standard InChI is InChI=1S/C22H33N3O4S/c1-17-15-24(16-18(2)29-17)22(26)20-14-19(8-9-21(20)23-10-6-7-11-23)30(27,28)25-12-4-3-5-13-25/h8-9,14,17-18H,3-7,10-13,15-16H2,1-2H3. The zero-order chi connectivity index (χ0) is 21.3. The minimum absolute atomic E-state index is 0.0341. The highest BCUT2D eigenvalue weighted by Crippen LogP contribution is 2.31. The third-order valence-corrected chi connectivity index (χ3v) is 8.20. The summed E-state index contributed by atoms with van der Waals surface area (Å²) in [5, 5.41) is 0. The van der Waals surface area contributed by atoms with Gasteiger partial charge in [-0.2, -0.15) is 4.31 Å². The Morgan fingerprint density at radius 1 is 0.933 bits per heavy atom. The molecule has 0 radical (unpaired) electrons. The molecule has 2 atom stereocenters. The topological polar surface area (TPSA) is 70.2 Å². The molecule has 1 aromatic rings. The molecule has 166 valence electrons. The minimum atomic E-state index is -3.59. The summed E-state index contributed by atoms with van der Waals surface area (Å²) in [6, 6.07) is 5.13. The molecule has 3 aliphatic rings. The van der Waals surface area contributed by atoms with E-state index in [-0.39, 0.29) is 23.0 Å². The van der Waals surface area contributed by atoms with Crippen LogP contribution in [0.2, 0.25) is 0 Å². The van der Waals surface area contributed by atoms with Crippen molar-refractivity contribution in [1.29, 1.82) is 0 Å². The van der Waals surface area contributed by atoms with Crippen LogP contribution in [-0.2, 0) is 14.8 Å². The molecule has 0 aliphatic carbocycles. The maximum atomic E-state index is 13.6. The zero-order valence-electron chi connectivity index (χ0n) is 18.0. The lowest BCUT2D eigenvalue weighted by Crippen LogP contribution is -2.48. The van der Waals surface area contributed by atoms with Crippen LogP contribution in [0.3, 0.4) is 0 Å². The van der Waals surface area contributed by atoms with Crippen LogP contribution in [0.15, 0.2) is 23.1 Å². The number of hydrogen-bond donors (Lipinski definition) is 0. The molecule has 0 aromatic heterocycles. The number of anilines is 1. The Morgan fingerprint density at radius 3 is 2.17 bits per heavy atom. The van der Waals surface area contributed by atoms with E-state index in [4.69, 9.17) is 4.74 Å². The number of morpholine rings is 1. The first-order valence-corrected chi connectivity index (χ1v) is 12.6.